The molecule has 1 aliphatic heterocycles. The van der Waals surface area contributed by atoms with Crippen LogP contribution in [0.25, 0.3) is 0 Å². The Kier molecular flexibility index (Phi) is 3.84. The standard InChI is InChI=1S/C16H15N3O4/c1-10-7-11(20)4-5-12(10)18-14(21)8-19-15(22)9-23-13-3-2-6-17-16(13)19/h2-7,20H,8-9H2,1H3,(H,18,21). The number of carbonyl (C=O) groups excluding carboxylic acids is 2. The first-order valence-electron chi connectivity index (χ1n) is 7.02. The van der Waals surface area contributed by atoms with E-state index in [2.05, 4.69) is 10.3 Å². The first-order chi connectivity index (χ1) is 11.0. The van der Waals surface area contributed by atoms with E-state index in [1.54, 1.807) is 31.2 Å². The van der Waals surface area contributed by atoms with Crippen molar-refractivity contribution >= 4 is 23.3 Å². The van der Waals surface area contributed by atoms with E-state index in [1.165, 1.54) is 17.2 Å². The van der Waals surface area contributed by atoms with Crippen LogP contribution in [-0.2, 0) is 9.59 Å². The summed E-state index contributed by atoms with van der Waals surface area (Å²) in [4.78, 5) is 29.6. The van der Waals surface area contributed by atoms with Crippen LogP contribution in [0.3, 0.4) is 0 Å². The molecule has 2 N–H and O–H groups in total. The highest BCUT2D eigenvalue weighted by molar-refractivity contribution is 6.04. The highest BCUT2D eigenvalue weighted by atomic mass is 16.5. The molecule has 1 aromatic heterocycles. The Balaban J connectivity index is 1.76. The van der Waals surface area contributed by atoms with Gasteiger partial charge in [-0.3, -0.25) is 14.5 Å². The first-order valence-corrected chi connectivity index (χ1v) is 7.02. The summed E-state index contributed by atoms with van der Waals surface area (Å²) in [6, 6.07) is 8.04. The van der Waals surface area contributed by atoms with Gasteiger partial charge in [-0.1, -0.05) is 0 Å². The van der Waals surface area contributed by atoms with Gasteiger partial charge in [0.15, 0.2) is 18.2 Å². The van der Waals surface area contributed by atoms with Gasteiger partial charge in [-0.25, -0.2) is 4.98 Å². The maximum atomic E-state index is 12.2. The largest absolute Gasteiger partial charge is 0.508 e. The fourth-order valence-electron chi connectivity index (χ4n) is 2.32. The number of anilines is 2. The second-order valence-corrected chi connectivity index (χ2v) is 5.14. The molecular weight excluding hydrogens is 298 g/mol. The van der Waals surface area contributed by atoms with Gasteiger partial charge in [-0.05, 0) is 42.8 Å². The number of nitrogens with zero attached hydrogens (tertiary/aromatic N) is 2. The number of amides is 2. The van der Waals surface area contributed by atoms with Crippen molar-refractivity contribution in [3.05, 3.63) is 42.1 Å². The molecule has 118 valence electrons. The van der Waals surface area contributed by atoms with Crippen LogP contribution in [0.5, 0.6) is 11.5 Å². The number of aromatic nitrogens is 1. The lowest BCUT2D eigenvalue weighted by Gasteiger charge is -2.27. The van der Waals surface area contributed by atoms with Crippen LogP contribution >= 0.6 is 0 Å². The number of phenols is 1. The Labute approximate surface area is 132 Å². The van der Waals surface area contributed by atoms with E-state index < -0.39 is 0 Å². The Morgan fingerprint density at radius 3 is 3.04 bits per heavy atom. The van der Waals surface area contributed by atoms with E-state index in [4.69, 9.17) is 4.74 Å². The van der Waals surface area contributed by atoms with Gasteiger partial charge in [0.1, 0.15) is 12.3 Å². The highest BCUT2D eigenvalue weighted by Gasteiger charge is 2.28. The Morgan fingerprint density at radius 1 is 1.43 bits per heavy atom. The maximum absolute atomic E-state index is 12.2. The molecule has 0 bridgehead atoms. The minimum Gasteiger partial charge on any atom is -0.508 e. The van der Waals surface area contributed by atoms with Crippen molar-refractivity contribution in [2.45, 2.75) is 6.92 Å². The molecule has 0 radical (unpaired) electrons. The van der Waals surface area contributed by atoms with Crippen molar-refractivity contribution in [3.63, 3.8) is 0 Å². The third-order valence-corrected chi connectivity index (χ3v) is 3.44. The van der Waals surface area contributed by atoms with E-state index in [9.17, 15) is 14.7 Å². The van der Waals surface area contributed by atoms with E-state index in [0.717, 1.165) is 5.56 Å². The molecule has 2 aromatic rings. The summed E-state index contributed by atoms with van der Waals surface area (Å²) >= 11 is 0. The highest BCUT2D eigenvalue weighted by Crippen LogP contribution is 2.29. The molecular formula is C16H15N3O4. The quantitative estimate of drug-likeness (QED) is 0.837. The van der Waals surface area contributed by atoms with Gasteiger partial charge < -0.3 is 15.2 Å². The first kappa shape index (κ1) is 14.8. The topological polar surface area (TPSA) is 91.8 Å². The third kappa shape index (κ3) is 3.08. The lowest BCUT2D eigenvalue weighted by atomic mass is 10.2. The molecule has 1 aliphatic rings. The zero-order valence-electron chi connectivity index (χ0n) is 12.4. The Morgan fingerprint density at radius 2 is 2.26 bits per heavy atom. The average molecular weight is 313 g/mol. The summed E-state index contributed by atoms with van der Waals surface area (Å²) in [5.74, 6) is 0.253. The molecule has 23 heavy (non-hydrogen) atoms. The Hall–Kier alpha value is -3.09. The van der Waals surface area contributed by atoms with Crippen LogP contribution in [-0.4, -0.2) is 35.1 Å². The smallest absolute Gasteiger partial charge is 0.266 e. The lowest BCUT2D eigenvalue weighted by molar-refractivity contribution is -0.123. The zero-order chi connectivity index (χ0) is 16.4. The molecule has 2 heterocycles. The lowest BCUT2D eigenvalue weighted by Crippen LogP contribution is -2.44. The predicted molar refractivity (Wildman–Crippen MR) is 83.6 cm³/mol. The zero-order valence-corrected chi connectivity index (χ0v) is 12.4. The molecule has 2 amide bonds. The second-order valence-electron chi connectivity index (χ2n) is 5.14. The van der Waals surface area contributed by atoms with Crippen LogP contribution in [0.1, 0.15) is 5.56 Å². The number of aromatic hydroxyl groups is 1. The van der Waals surface area contributed by atoms with Crippen molar-refractivity contribution < 1.29 is 19.4 Å². The summed E-state index contributed by atoms with van der Waals surface area (Å²) in [6.07, 6.45) is 1.54. The van der Waals surface area contributed by atoms with Gasteiger partial charge >= 0.3 is 0 Å². The third-order valence-electron chi connectivity index (χ3n) is 3.44. The molecule has 0 saturated carbocycles. The number of nitrogens with one attached hydrogen (secondary N) is 1. The number of fused-ring (bicyclic) bond motifs is 1. The molecule has 1 aromatic carbocycles. The van der Waals surface area contributed by atoms with Gasteiger partial charge in [0.25, 0.3) is 5.91 Å². The van der Waals surface area contributed by atoms with Gasteiger partial charge in [0.05, 0.1) is 0 Å². The van der Waals surface area contributed by atoms with Crippen molar-refractivity contribution in [2.75, 3.05) is 23.4 Å². The molecule has 7 nitrogen and oxygen atoms in total. The van der Waals surface area contributed by atoms with E-state index in [-0.39, 0.29) is 30.7 Å². The van der Waals surface area contributed by atoms with Crippen LogP contribution in [0, 0.1) is 6.92 Å². The number of benzene rings is 1. The van der Waals surface area contributed by atoms with Crippen LogP contribution in [0.15, 0.2) is 36.5 Å². The maximum Gasteiger partial charge on any atom is 0.266 e. The average Bonchev–Trinajstić information content (AvgIpc) is 2.53. The Bertz CT molecular complexity index is 776. The number of aryl methyl sites for hydroxylation is 1. The number of rotatable bonds is 3. The molecule has 0 aliphatic carbocycles. The fourth-order valence-corrected chi connectivity index (χ4v) is 2.32. The number of hydrogen-bond acceptors (Lipinski definition) is 5. The van der Waals surface area contributed by atoms with Gasteiger partial charge in [0, 0.05) is 11.9 Å². The molecule has 0 saturated heterocycles. The summed E-state index contributed by atoms with van der Waals surface area (Å²) in [7, 11) is 0. The fraction of sp³-hybridized carbons (Fsp3) is 0.188. The van der Waals surface area contributed by atoms with Gasteiger partial charge in [0.2, 0.25) is 5.91 Å². The summed E-state index contributed by atoms with van der Waals surface area (Å²) in [5.41, 5.74) is 1.31. The summed E-state index contributed by atoms with van der Waals surface area (Å²) in [5, 5.41) is 12.1. The van der Waals surface area contributed by atoms with Crippen LogP contribution in [0.4, 0.5) is 11.5 Å². The number of phenolic OH excluding ortho intramolecular Hbond substituents is 1. The number of carbonyl (C=O) groups is 2. The molecule has 0 atom stereocenters. The minimum atomic E-state index is -0.356. The van der Waals surface area contributed by atoms with Gasteiger partial charge in [-0.2, -0.15) is 0 Å². The molecule has 0 fully saturated rings. The van der Waals surface area contributed by atoms with E-state index in [1.807, 2.05) is 0 Å². The number of hydrogen-bond donors (Lipinski definition) is 2. The number of pyridine rings is 1. The number of ether oxygens (including phenoxy) is 1. The van der Waals surface area contributed by atoms with Crippen molar-refractivity contribution in [1.82, 2.24) is 4.98 Å². The van der Waals surface area contributed by atoms with E-state index >= 15 is 0 Å². The predicted octanol–water partition coefficient (Wildman–Crippen LogP) is 1.46. The molecule has 7 heteroatoms. The van der Waals surface area contributed by atoms with Crippen molar-refractivity contribution in [3.8, 4) is 11.5 Å². The molecule has 3 rings (SSSR count). The minimum absolute atomic E-state index is 0.121. The molecule has 0 spiro atoms. The summed E-state index contributed by atoms with van der Waals surface area (Å²) in [6.45, 7) is 1.49. The normalized spacial score (nSPS) is 13.3. The van der Waals surface area contributed by atoms with Crippen LogP contribution in [0.2, 0.25) is 0 Å². The van der Waals surface area contributed by atoms with Crippen molar-refractivity contribution in [2.24, 2.45) is 0 Å². The summed E-state index contributed by atoms with van der Waals surface area (Å²) < 4.78 is 5.28. The SMILES string of the molecule is Cc1cc(O)ccc1NC(=O)CN1C(=O)COc2cccnc21. The monoisotopic (exact) mass is 313 g/mol. The van der Waals surface area contributed by atoms with Gasteiger partial charge in [-0.15, -0.1) is 0 Å². The molecule has 0 unspecified atom stereocenters. The second kappa shape index (κ2) is 5.96. The van der Waals surface area contributed by atoms with E-state index in [0.29, 0.717) is 17.3 Å². The van der Waals surface area contributed by atoms with Crippen molar-refractivity contribution in [1.29, 1.82) is 0 Å². The van der Waals surface area contributed by atoms with Crippen LogP contribution < -0.4 is 15.0 Å².